The summed E-state index contributed by atoms with van der Waals surface area (Å²) in [7, 11) is 0. The van der Waals surface area contributed by atoms with Crippen molar-refractivity contribution < 1.29 is 4.79 Å². The monoisotopic (exact) mass is 249 g/mol. The van der Waals surface area contributed by atoms with Gasteiger partial charge in [-0.05, 0) is 19.4 Å². The number of amides is 1. The van der Waals surface area contributed by atoms with Crippen LogP contribution in [-0.2, 0) is 11.2 Å². The van der Waals surface area contributed by atoms with E-state index in [1.54, 1.807) is 6.20 Å². The molecular weight excluding hydrogens is 234 g/mol. The highest BCUT2D eigenvalue weighted by molar-refractivity contribution is 7.15. The quantitative estimate of drug-likeness (QED) is 0.836. The first-order valence-corrected chi connectivity index (χ1v) is 5.52. The Bertz CT molecular complexity index is 303. The number of nitrogens with one attached hydrogen (secondary N) is 1. The first-order valence-electron chi connectivity index (χ1n) is 4.71. The zero-order valence-corrected chi connectivity index (χ0v) is 10.3. The molecule has 0 unspecified atom stereocenters. The molecule has 0 saturated carbocycles. The molecule has 0 aromatic carbocycles. The molecule has 0 spiro atoms. The average molecular weight is 250 g/mol. The lowest BCUT2D eigenvalue weighted by Crippen LogP contribution is -2.13. The van der Waals surface area contributed by atoms with E-state index in [-0.39, 0.29) is 18.3 Å². The molecule has 86 valence electrons. The fourth-order valence-corrected chi connectivity index (χ4v) is 1.74. The van der Waals surface area contributed by atoms with Crippen molar-refractivity contribution in [2.75, 3.05) is 11.9 Å². The maximum absolute atomic E-state index is 11.3. The summed E-state index contributed by atoms with van der Waals surface area (Å²) >= 11 is 1.52. The minimum atomic E-state index is -0.00699. The Labute approximate surface area is 99.7 Å². The highest BCUT2D eigenvalue weighted by Crippen LogP contribution is 2.18. The van der Waals surface area contributed by atoms with Crippen molar-refractivity contribution >= 4 is 34.8 Å². The number of thiazole rings is 1. The second-order valence-corrected chi connectivity index (χ2v) is 4.04. The van der Waals surface area contributed by atoms with E-state index in [1.807, 2.05) is 0 Å². The third-order valence-corrected chi connectivity index (χ3v) is 2.81. The number of hydrogen-bond donors (Lipinski definition) is 2. The largest absolute Gasteiger partial charge is 0.330 e. The van der Waals surface area contributed by atoms with E-state index in [9.17, 15) is 4.79 Å². The molecule has 3 N–H and O–H groups in total. The van der Waals surface area contributed by atoms with Gasteiger partial charge in [0.2, 0.25) is 5.91 Å². The molecule has 0 aliphatic heterocycles. The van der Waals surface area contributed by atoms with Crippen LogP contribution >= 0.6 is 23.7 Å². The Morgan fingerprint density at radius 2 is 2.40 bits per heavy atom. The third kappa shape index (κ3) is 5.11. The van der Waals surface area contributed by atoms with Gasteiger partial charge in [-0.25, -0.2) is 4.98 Å². The average Bonchev–Trinajstić information content (AvgIpc) is 2.62. The van der Waals surface area contributed by atoms with Crippen molar-refractivity contribution in [2.24, 2.45) is 5.73 Å². The van der Waals surface area contributed by atoms with Crippen molar-refractivity contribution in [3.05, 3.63) is 11.1 Å². The summed E-state index contributed by atoms with van der Waals surface area (Å²) in [5.41, 5.74) is 5.30. The molecule has 0 radical (unpaired) electrons. The summed E-state index contributed by atoms with van der Waals surface area (Å²) in [5, 5.41) is 3.43. The zero-order chi connectivity index (χ0) is 10.4. The SMILES string of the molecule is CCc1cnc(NC(=O)CCCN)s1.Cl. The van der Waals surface area contributed by atoms with Crippen molar-refractivity contribution in [3.8, 4) is 0 Å². The fourth-order valence-electron chi connectivity index (χ4n) is 0.973. The second-order valence-electron chi connectivity index (χ2n) is 2.93. The first kappa shape index (κ1) is 14.3. The zero-order valence-electron chi connectivity index (χ0n) is 8.66. The lowest BCUT2D eigenvalue weighted by Gasteiger charge is -1.99. The van der Waals surface area contributed by atoms with Gasteiger partial charge in [0.15, 0.2) is 5.13 Å². The predicted molar refractivity (Wildman–Crippen MR) is 65.7 cm³/mol. The summed E-state index contributed by atoms with van der Waals surface area (Å²) in [6.45, 7) is 2.61. The molecule has 0 bridgehead atoms. The molecule has 0 aliphatic rings. The highest BCUT2D eigenvalue weighted by atomic mass is 35.5. The normalized spacial score (nSPS) is 9.47. The Hall–Kier alpha value is -0.650. The van der Waals surface area contributed by atoms with E-state index in [1.165, 1.54) is 16.2 Å². The van der Waals surface area contributed by atoms with Gasteiger partial charge in [0, 0.05) is 17.5 Å². The van der Waals surface area contributed by atoms with Crippen LogP contribution in [0.15, 0.2) is 6.20 Å². The van der Waals surface area contributed by atoms with E-state index in [0.29, 0.717) is 18.1 Å². The van der Waals surface area contributed by atoms with E-state index < -0.39 is 0 Å². The van der Waals surface area contributed by atoms with Crippen LogP contribution in [0.2, 0.25) is 0 Å². The van der Waals surface area contributed by atoms with Gasteiger partial charge in [-0.1, -0.05) is 6.92 Å². The molecular formula is C9H16ClN3OS. The molecule has 15 heavy (non-hydrogen) atoms. The number of halogens is 1. The van der Waals surface area contributed by atoms with Gasteiger partial charge in [-0.15, -0.1) is 23.7 Å². The molecule has 0 fully saturated rings. The van der Waals surface area contributed by atoms with Crippen LogP contribution in [-0.4, -0.2) is 17.4 Å². The molecule has 0 saturated heterocycles. The standard InChI is InChI=1S/C9H15N3OS.ClH/c1-2-7-6-11-9(14-7)12-8(13)4-3-5-10;/h6H,2-5,10H2,1H3,(H,11,12,13);1H. The third-order valence-electron chi connectivity index (χ3n) is 1.76. The van der Waals surface area contributed by atoms with Gasteiger partial charge in [0.25, 0.3) is 0 Å². The summed E-state index contributed by atoms with van der Waals surface area (Å²) in [6, 6.07) is 0. The van der Waals surface area contributed by atoms with Crippen LogP contribution < -0.4 is 11.1 Å². The van der Waals surface area contributed by atoms with Gasteiger partial charge in [-0.2, -0.15) is 0 Å². The summed E-state index contributed by atoms with van der Waals surface area (Å²) < 4.78 is 0. The summed E-state index contributed by atoms with van der Waals surface area (Å²) in [5.74, 6) is -0.00699. The van der Waals surface area contributed by atoms with Crippen molar-refractivity contribution in [1.82, 2.24) is 4.98 Å². The van der Waals surface area contributed by atoms with Crippen LogP contribution in [0.25, 0.3) is 0 Å². The molecule has 4 nitrogen and oxygen atoms in total. The smallest absolute Gasteiger partial charge is 0.226 e. The Balaban J connectivity index is 0.00000196. The molecule has 1 heterocycles. The van der Waals surface area contributed by atoms with Gasteiger partial charge >= 0.3 is 0 Å². The number of nitrogens with zero attached hydrogens (tertiary/aromatic N) is 1. The molecule has 0 atom stereocenters. The Morgan fingerprint density at radius 3 is 2.93 bits per heavy atom. The maximum Gasteiger partial charge on any atom is 0.226 e. The lowest BCUT2D eigenvalue weighted by molar-refractivity contribution is -0.116. The highest BCUT2D eigenvalue weighted by Gasteiger charge is 2.04. The van der Waals surface area contributed by atoms with Crippen LogP contribution in [0, 0.1) is 0 Å². The van der Waals surface area contributed by atoms with Gasteiger partial charge in [0.1, 0.15) is 0 Å². The maximum atomic E-state index is 11.3. The van der Waals surface area contributed by atoms with Crippen molar-refractivity contribution in [1.29, 1.82) is 0 Å². The van der Waals surface area contributed by atoms with E-state index >= 15 is 0 Å². The minimum absolute atomic E-state index is 0. The number of aromatic nitrogens is 1. The predicted octanol–water partition coefficient (Wildman–Crippen LogP) is 1.80. The number of aryl methyl sites for hydroxylation is 1. The number of hydrogen-bond acceptors (Lipinski definition) is 4. The Kier molecular flexibility index (Phi) is 7.29. The van der Waals surface area contributed by atoms with Crippen molar-refractivity contribution in [2.45, 2.75) is 26.2 Å². The summed E-state index contributed by atoms with van der Waals surface area (Å²) in [6.07, 6.45) is 3.94. The van der Waals surface area contributed by atoms with Gasteiger partial charge in [-0.3, -0.25) is 4.79 Å². The number of anilines is 1. The number of rotatable bonds is 5. The molecule has 1 aromatic rings. The summed E-state index contributed by atoms with van der Waals surface area (Å²) in [4.78, 5) is 16.5. The van der Waals surface area contributed by atoms with Gasteiger partial charge < -0.3 is 11.1 Å². The van der Waals surface area contributed by atoms with Crippen LogP contribution in [0.5, 0.6) is 0 Å². The second kappa shape index (κ2) is 7.62. The number of nitrogens with two attached hydrogens (primary N) is 1. The van der Waals surface area contributed by atoms with Crippen molar-refractivity contribution in [3.63, 3.8) is 0 Å². The van der Waals surface area contributed by atoms with Gasteiger partial charge in [0.05, 0.1) is 0 Å². The van der Waals surface area contributed by atoms with Crippen LogP contribution in [0.3, 0.4) is 0 Å². The fraction of sp³-hybridized carbons (Fsp3) is 0.556. The molecule has 1 amide bonds. The topological polar surface area (TPSA) is 68.0 Å². The first-order chi connectivity index (χ1) is 6.76. The van der Waals surface area contributed by atoms with E-state index in [2.05, 4.69) is 17.2 Å². The lowest BCUT2D eigenvalue weighted by atomic mass is 10.3. The number of carbonyl (C=O) groups excluding carboxylic acids is 1. The van der Waals surface area contributed by atoms with E-state index in [0.717, 1.165) is 12.8 Å². The Morgan fingerprint density at radius 1 is 1.67 bits per heavy atom. The molecule has 1 aromatic heterocycles. The van der Waals surface area contributed by atoms with Crippen LogP contribution in [0.4, 0.5) is 5.13 Å². The minimum Gasteiger partial charge on any atom is -0.330 e. The molecule has 6 heteroatoms. The number of carbonyl (C=O) groups is 1. The molecule has 0 aliphatic carbocycles. The van der Waals surface area contributed by atoms with Crippen LogP contribution in [0.1, 0.15) is 24.6 Å². The van der Waals surface area contributed by atoms with E-state index in [4.69, 9.17) is 5.73 Å². The molecule has 1 rings (SSSR count).